The van der Waals surface area contributed by atoms with Gasteiger partial charge in [-0.2, -0.15) is 5.10 Å². The third-order valence-electron chi connectivity index (χ3n) is 3.46. The molecule has 1 saturated heterocycles. The largest absolute Gasteiger partial charge is 0.350 e. The number of carbonyl (C=O) groups is 1. The Hall–Kier alpha value is -2.21. The molecule has 2 heterocycles. The van der Waals surface area contributed by atoms with Crippen molar-refractivity contribution in [1.29, 1.82) is 0 Å². The van der Waals surface area contributed by atoms with Crippen LogP contribution in [-0.2, 0) is 0 Å². The van der Waals surface area contributed by atoms with Crippen molar-refractivity contribution in [2.45, 2.75) is 18.9 Å². The minimum absolute atomic E-state index is 0.0549. The van der Waals surface area contributed by atoms with Crippen molar-refractivity contribution in [2.75, 3.05) is 13.1 Å². The van der Waals surface area contributed by atoms with Gasteiger partial charge in [-0.15, -0.1) is 0 Å². The van der Waals surface area contributed by atoms with E-state index in [0.29, 0.717) is 18.2 Å². The van der Waals surface area contributed by atoms with E-state index in [2.05, 4.69) is 20.7 Å². The van der Waals surface area contributed by atoms with E-state index in [0.717, 1.165) is 18.7 Å². The Morgan fingerprint density at radius 3 is 3.20 bits per heavy atom. The fourth-order valence-electron chi connectivity index (χ4n) is 2.38. The van der Waals surface area contributed by atoms with Crippen molar-refractivity contribution < 1.29 is 4.79 Å². The number of hydrogen-bond acceptors (Lipinski definition) is 4. The number of benzene rings is 1. The fourth-order valence-corrected chi connectivity index (χ4v) is 2.38. The Bertz CT molecular complexity index is 575. The van der Waals surface area contributed by atoms with Crippen molar-refractivity contribution in [3.63, 3.8) is 0 Å². The first-order chi connectivity index (χ1) is 9.83. The molecule has 104 valence electrons. The number of carbonyl (C=O) groups excluding carboxylic acids is 1. The van der Waals surface area contributed by atoms with Crippen LogP contribution < -0.4 is 10.6 Å². The highest BCUT2D eigenvalue weighted by atomic mass is 16.1. The van der Waals surface area contributed by atoms with Crippen LogP contribution in [0.25, 0.3) is 5.69 Å². The van der Waals surface area contributed by atoms with Gasteiger partial charge < -0.3 is 10.6 Å². The molecule has 0 spiro atoms. The Kier molecular flexibility index (Phi) is 3.73. The maximum absolute atomic E-state index is 12.1. The van der Waals surface area contributed by atoms with Crippen LogP contribution >= 0.6 is 0 Å². The second-order valence-corrected chi connectivity index (χ2v) is 4.89. The second-order valence-electron chi connectivity index (χ2n) is 4.89. The van der Waals surface area contributed by atoms with E-state index < -0.39 is 0 Å². The molecule has 0 aliphatic carbocycles. The van der Waals surface area contributed by atoms with Crippen LogP contribution in [0.4, 0.5) is 0 Å². The molecule has 6 heteroatoms. The zero-order valence-electron chi connectivity index (χ0n) is 11.1. The minimum Gasteiger partial charge on any atom is -0.350 e. The summed E-state index contributed by atoms with van der Waals surface area (Å²) in [6, 6.07) is 7.76. The third kappa shape index (κ3) is 2.85. The number of nitrogens with zero attached hydrogens (tertiary/aromatic N) is 3. The average molecular weight is 271 g/mol. The zero-order valence-corrected chi connectivity index (χ0v) is 11.1. The maximum Gasteiger partial charge on any atom is 0.251 e. The van der Waals surface area contributed by atoms with Gasteiger partial charge in [0.1, 0.15) is 12.7 Å². The highest BCUT2D eigenvalue weighted by molar-refractivity contribution is 5.94. The van der Waals surface area contributed by atoms with Crippen LogP contribution in [0, 0.1) is 0 Å². The van der Waals surface area contributed by atoms with Gasteiger partial charge in [0.15, 0.2) is 0 Å². The molecule has 0 saturated carbocycles. The maximum atomic E-state index is 12.1. The Morgan fingerprint density at radius 1 is 1.50 bits per heavy atom. The summed E-state index contributed by atoms with van der Waals surface area (Å²) in [6.07, 6.45) is 5.39. The van der Waals surface area contributed by atoms with Crippen LogP contribution in [0.15, 0.2) is 36.9 Å². The van der Waals surface area contributed by atoms with Gasteiger partial charge in [-0.3, -0.25) is 4.79 Å². The molecule has 6 nitrogen and oxygen atoms in total. The molecule has 1 aromatic heterocycles. The van der Waals surface area contributed by atoms with Crippen LogP contribution in [0.5, 0.6) is 0 Å². The lowest BCUT2D eigenvalue weighted by molar-refractivity contribution is 0.0950. The quantitative estimate of drug-likeness (QED) is 0.860. The van der Waals surface area contributed by atoms with E-state index in [-0.39, 0.29) is 5.91 Å². The van der Waals surface area contributed by atoms with Crippen LogP contribution in [0.3, 0.4) is 0 Å². The van der Waals surface area contributed by atoms with Gasteiger partial charge in [0, 0.05) is 18.2 Å². The number of rotatable bonds is 4. The molecule has 1 aliphatic heterocycles. The zero-order chi connectivity index (χ0) is 13.8. The summed E-state index contributed by atoms with van der Waals surface area (Å²) < 4.78 is 1.63. The summed E-state index contributed by atoms with van der Waals surface area (Å²) >= 11 is 0. The van der Waals surface area contributed by atoms with E-state index in [1.165, 1.54) is 12.7 Å². The summed E-state index contributed by atoms with van der Waals surface area (Å²) in [5.74, 6) is -0.0549. The van der Waals surface area contributed by atoms with Crippen molar-refractivity contribution in [3.05, 3.63) is 42.5 Å². The van der Waals surface area contributed by atoms with Gasteiger partial charge in [0.25, 0.3) is 5.91 Å². The Balaban J connectivity index is 1.66. The summed E-state index contributed by atoms with van der Waals surface area (Å²) in [4.78, 5) is 16.0. The number of amides is 1. The first kappa shape index (κ1) is 12.8. The molecule has 0 radical (unpaired) electrons. The predicted octanol–water partition coefficient (Wildman–Crippen LogP) is 0.749. The van der Waals surface area contributed by atoms with Gasteiger partial charge in [-0.1, -0.05) is 6.07 Å². The smallest absolute Gasteiger partial charge is 0.251 e. The molecule has 2 N–H and O–H groups in total. The summed E-state index contributed by atoms with van der Waals surface area (Å²) in [5, 5.41) is 10.4. The Morgan fingerprint density at radius 2 is 2.45 bits per heavy atom. The summed E-state index contributed by atoms with van der Waals surface area (Å²) in [7, 11) is 0. The predicted molar refractivity (Wildman–Crippen MR) is 74.7 cm³/mol. The van der Waals surface area contributed by atoms with Gasteiger partial charge in [0.2, 0.25) is 0 Å². The molecule has 1 aliphatic rings. The van der Waals surface area contributed by atoms with E-state index in [1.54, 1.807) is 17.1 Å². The molecule has 1 fully saturated rings. The molecule has 1 unspecified atom stereocenters. The normalized spacial score (nSPS) is 18.1. The molecule has 0 bridgehead atoms. The van der Waals surface area contributed by atoms with E-state index in [4.69, 9.17) is 0 Å². The molecule has 1 atom stereocenters. The Labute approximate surface area is 117 Å². The van der Waals surface area contributed by atoms with Crippen LogP contribution in [-0.4, -0.2) is 39.8 Å². The highest BCUT2D eigenvalue weighted by Crippen LogP contribution is 2.09. The lowest BCUT2D eigenvalue weighted by Crippen LogP contribution is -2.37. The van der Waals surface area contributed by atoms with Crippen molar-refractivity contribution in [2.24, 2.45) is 0 Å². The molecular formula is C14H17N5O. The molecule has 2 aromatic rings. The van der Waals surface area contributed by atoms with Gasteiger partial charge in [-0.05, 0) is 37.6 Å². The first-order valence-electron chi connectivity index (χ1n) is 6.79. The lowest BCUT2D eigenvalue weighted by Gasteiger charge is -2.12. The molecule has 3 rings (SSSR count). The average Bonchev–Trinajstić information content (AvgIpc) is 3.18. The third-order valence-corrected chi connectivity index (χ3v) is 3.46. The van der Waals surface area contributed by atoms with Gasteiger partial charge in [0.05, 0.1) is 5.69 Å². The van der Waals surface area contributed by atoms with E-state index in [9.17, 15) is 4.79 Å². The lowest BCUT2D eigenvalue weighted by atomic mass is 10.1. The molecule has 20 heavy (non-hydrogen) atoms. The van der Waals surface area contributed by atoms with E-state index in [1.807, 2.05) is 18.2 Å². The molecule has 1 amide bonds. The standard InChI is InChI=1S/C14H17N5O/c20-14(17-8-12-4-2-6-16-12)11-3-1-5-13(7-11)19-10-15-9-18-19/h1,3,5,7,9-10,12,16H,2,4,6,8H2,(H,17,20). The summed E-state index contributed by atoms with van der Waals surface area (Å²) in [5.41, 5.74) is 1.46. The SMILES string of the molecule is O=C(NCC1CCCN1)c1cccc(-n2cncn2)c1. The molecule has 1 aromatic carbocycles. The summed E-state index contributed by atoms with van der Waals surface area (Å²) in [6.45, 7) is 1.72. The van der Waals surface area contributed by atoms with Crippen LogP contribution in [0.1, 0.15) is 23.2 Å². The van der Waals surface area contributed by atoms with Crippen molar-refractivity contribution >= 4 is 5.91 Å². The van der Waals surface area contributed by atoms with Crippen LogP contribution in [0.2, 0.25) is 0 Å². The molecular weight excluding hydrogens is 254 g/mol. The van der Waals surface area contributed by atoms with Crippen molar-refractivity contribution in [3.8, 4) is 5.69 Å². The highest BCUT2D eigenvalue weighted by Gasteiger charge is 2.15. The number of aromatic nitrogens is 3. The minimum atomic E-state index is -0.0549. The monoisotopic (exact) mass is 271 g/mol. The van der Waals surface area contributed by atoms with E-state index >= 15 is 0 Å². The van der Waals surface area contributed by atoms with Gasteiger partial charge >= 0.3 is 0 Å². The first-order valence-corrected chi connectivity index (χ1v) is 6.79. The second kappa shape index (κ2) is 5.83. The topological polar surface area (TPSA) is 71.8 Å². The fraction of sp³-hybridized carbons (Fsp3) is 0.357. The number of hydrogen-bond donors (Lipinski definition) is 2. The number of nitrogens with one attached hydrogen (secondary N) is 2. The van der Waals surface area contributed by atoms with Crippen molar-refractivity contribution in [1.82, 2.24) is 25.4 Å². The van der Waals surface area contributed by atoms with Gasteiger partial charge in [-0.25, -0.2) is 9.67 Å².